The van der Waals surface area contributed by atoms with Crippen LogP contribution in [-0.2, 0) is 4.79 Å². The largest absolute Gasteiger partial charge is 0.389 e. The van der Waals surface area contributed by atoms with E-state index in [1.54, 1.807) is 19.1 Å². The molecule has 104 valence electrons. The van der Waals surface area contributed by atoms with Crippen LogP contribution < -0.4 is 10.2 Å². The standard InChI is InChI=1S/C14H19FN2O2/c1-9(18)14-12(15)4-3-5-13(14)17-7-6-11(8-17)16-10(2)19/h3-5,9,11,18H,6-8H2,1-2H3,(H,16,19). The second-order valence-corrected chi connectivity index (χ2v) is 4.98. The molecule has 2 atom stereocenters. The molecule has 2 unspecified atom stereocenters. The van der Waals surface area contributed by atoms with Gasteiger partial charge in [0, 0.05) is 37.3 Å². The van der Waals surface area contributed by atoms with Gasteiger partial charge in [0.15, 0.2) is 0 Å². The van der Waals surface area contributed by atoms with Crippen LogP contribution in [0.25, 0.3) is 0 Å². The highest BCUT2D eigenvalue weighted by Crippen LogP contribution is 2.31. The normalized spacial score (nSPS) is 20.4. The number of rotatable bonds is 3. The van der Waals surface area contributed by atoms with Gasteiger partial charge in [-0.25, -0.2) is 4.39 Å². The lowest BCUT2D eigenvalue weighted by Gasteiger charge is -2.23. The molecule has 1 fully saturated rings. The third kappa shape index (κ3) is 3.04. The molecule has 4 nitrogen and oxygen atoms in total. The highest BCUT2D eigenvalue weighted by molar-refractivity contribution is 5.73. The zero-order valence-electron chi connectivity index (χ0n) is 11.2. The predicted molar refractivity (Wildman–Crippen MR) is 71.5 cm³/mol. The van der Waals surface area contributed by atoms with E-state index in [4.69, 9.17) is 0 Å². The summed E-state index contributed by atoms with van der Waals surface area (Å²) in [5.74, 6) is -0.447. The molecule has 5 heteroatoms. The zero-order valence-corrected chi connectivity index (χ0v) is 11.2. The van der Waals surface area contributed by atoms with Crippen molar-refractivity contribution in [3.8, 4) is 0 Å². The third-order valence-electron chi connectivity index (χ3n) is 3.38. The van der Waals surface area contributed by atoms with Gasteiger partial charge in [0.05, 0.1) is 6.10 Å². The summed E-state index contributed by atoms with van der Waals surface area (Å²) in [5, 5.41) is 12.6. The van der Waals surface area contributed by atoms with E-state index in [0.717, 1.165) is 13.0 Å². The lowest BCUT2D eigenvalue weighted by molar-refractivity contribution is -0.119. The van der Waals surface area contributed by atoms with Crippen molar-refractivity contribution in [1.29, 1.82) is 0 Å². The summed E-state index contributed by atoms with van der Waals surface area (Å²) in [4.78, 5) is 13.0. The Balaban J connectivity index is 2.20. The molecule has 0 aromatic heterocycles. The van der Waals surface area contributed by atoms with Gasteiger partial charge < -0.3 is 15.3 Å². The number of benzene rings is 1. The summed E-state index contributed by atoms with van der Waals surface area (Å²) in [6.45, 7) is 4.44. The van der Waals surface area contributed by atoms with Crippen LogP contribution in [0.3, 0.4) is 0 Å². The second kappa shape index (κ2) is 5.57. The van der Waals surface area contributed by atoms with Gasteiger partial charge >= 0.3 is 0 Å². The van der Waals surface area contributed by atoms with Crippen LogP contribution >= 0.6 is 0 Å². The maximum absolute atomic E-state index is 13.8. The van der Waals surface area contributed by atoms with Crippen molar-refractivity contribution in [2.45, 2.75) is 32.4 Å². The first-order valence-electron chi connectivity index (χ1n) is 6.47. The Morgan fingerprint density at radius 1 is 1.58 bits per heavy atom. The molecule has 0 radical (unpaired) electrons. The number of carbonyl (C=O) groups is 1. The number of nitrogens with one attached hydrogen (secondary N) is 1. The molecule has 19 heavy (non-hydrogen) atoms. The summed E-state index contributed by atoms with van der Waals surface area (Å²) < 4.78 is 13.8. The number of anilines is 1. The molecule has 2 N–H and O–H groups in total. The SMILES string of the molecule is CC(=O)NC1CCN(c2cccc(F)c2C(C)O)C1. The van der Waals surface area contributed by atoms with E-state index in [1.807, 2.05) is 4.90 Å². The average Bonchev–Trinajstić information content (AvgIpc) is 2.75. The molecular formula is C14H19FN2O2. The Labute approximate surface area is 112 Å². The summed E-state index contributed by atoms with van der Waals surface area (Å²) in [5.41, 5.74) is 1.04. The lowest BCUT2D eigenvalue weighted by Crippen LogP contribution is -2.35. The monoisotopic (exact) mass is 266 g/mol. The topological polar surface area (TPSA) is 52.6 Å². The minimum atomic E-state index is -0.851. The second-order valence-electron chi connectivity index (χ2n) is 4.98. The maximum Gasteiger partial charge on any atom is 0.217 e. The summed E-state index contributed by atoms with van der Waals surface area (Å²) in [6.07, 6.45) is -0.0222. The Kier molecular flexibility index (Phi) is 4.04. The van der Waals surface area contributed by atoms with Crippen LogP contribution in [0.1, 0.15) is 31.9 Å². The molecule has 0 saturated carbocycles. The first-order valence-corrected chi connectivity index (χ1v) is 6.47. The lowest BCUT2D eigenvalue weighted by atomic mass is 10.1. The number of aliphatic hydroxyl groups is 1. The van der Waals surface area contributed by atoms with Gasteiger partial charge in [-0.05, 0) is 25.5 Å². The number of hydrogen-bond acceptors (Lipinski definition) is 3. The van der Waals surface area contributed by atoms with Gasteiger partial charge in [-0.2, -0.15) is 0 Å². The van der Waals surface area contributed by atoms with Crippen LogP contribution in [-0.4, -0.2) is 30.1 Å². The van der Waals surface area contributed by atoms with Crippen molar-refractivity contribution in [2.75, 3.05) is 18.0 Å². The minimum Gasteiger partial charge on any atom is -0.389 e. The third-order valence-corrected chi connectivity index (χ3v) is 3.38. The van der Waals surface area contributed by atoms with Crippen LogP contribution in [0, 0.1) is 5.82 Å². The smallest absolute Gasteiger partial charge is 0.217 e. The molecule has 1 aliphatic rings. The molecule has 2 rings (SSSR count). The quantitative estimate of drug-likeness (QED) is 0.873. The van der Waals surface area contributed by atoms with Crippen molar-refractivity contribution in [3.63, 3.8) is 0 Å². The van der Waals surface area contributed by atoms with Crippen molar-refractivity contribution in [2.24, 2.45) is 0 Å². The fourth-order valence-corrected chi connectivity index (χ4v) is 2.60. The van der Waals surface area contributed by atoms with Crippen LogP contribution in [0.4, 0.5) is 10.1 Å². The maximum atomic E-state index is 13.8. The first kappa shape index (κ1) is 13.8. The molecule has 1 aromatic carbocycles. The number of carbonyl (C=O) groups excluding carboxylic acids is 1. The molecule has 1 saturated heterocycles. The van der Waals surface area contributed by atoms with Crippen molar-refractivity contribution in [1.82, 2.24) is 5.32 Å². The predicted octanol–water partition coefficient (Wildman–Crippen LogP) is 1.59. The summed E-state index contributed by atoms with van der Waals surface area (Å²) in [6, 6.07) is 4.89. The average molecular weight is 266 g/mol. The summed E-state index contributed by atoms with van der Waals surface area (Å²) >= 11 is 0. The van der Waals surface area contributed by atoms with E-state index >= 15 is 0 Å². The number of halogens is 1. The minimum absolute atomic E-state index is 0.0539. The van der Waals surface area contributed by atoms with Gasteiger partial charge in [-0.3, -0.25) is 4.79 Å². The Hall–Kier alpha value is -1.62. The molecule has 0 aliphatic carbocycles. The molecule has 1 aromatic rings. The van der Waals surface area contributed by atoms with E-state index in [2.05, 4.69) is 5.32 Å². The van der Waals surface area contributed by atoms with Gasteiger partial charge in [0.2, 0.25) is 5.91 Å². The number of hydrogen-bond donors (Lipinski definition) is 2. The van der Waals surface area contributed by atoms with Crippen LogP contribution in [0.5, 0.6) is 0 Å². The van der Waals surface area contributed by atoms with E-state index < -0.39 is 11.9 Å². The van der Waals surface area contributed by atoms with E-state index in [1.165, 1.54) is 13.0 Å². The molecule has 1 aliphatic heterocycles. The first-order chi connectivity index (χ1) is 8.99. The number of nitrogens with zero attached hydrogens (tertiary/aromatic N) is 1. The fraction of sp³-hybridized carbons (Fsp3) is 0.500. The molecule has 0 bridgehead atoms. The number of amides is 1. The summed E-state index contributed by atoms with van der Waals surface area (Å²) in [7, 11) is 0. The van der Waals surface area contributed by atoms with Gasteiger partial charge in [0.25, 0.3) is 0 Å². The van der Waals surface area contributed by atoms with Gasteiger partial charge in [0.1, 0.15) is 5.82 Å². The van der Waals surface area contributed by atoms with Crippen molar-refractivity contribution in [3.05, 3.63) is 29.6 Å². The molecule has 1 heterocycles. The Morgan fingerprint density at radius 2 is 2.32 bits per heavy atom. The van der Waals surface area contributed by atoms with Crippen LogP contribution in [0.15, 0.2) is 18.2 Å². The molecular weight excluding hydrogens is 247 g/mol. The van der Waals surface area contributed by atoms with E-state index in [-0.39, 0.29) is 11.9 Å². The fourth-order valence-electron chi connectivity index (χ4n) is 2.60. The van der Waals surface area contributed by atoms with Gasteiger partial charge in [-0.15, -0.1) is 0 Å². The highest BCUT2D eigenvalue weighted by Gasteiger charge is 2.26. The van der Waals surface area contributed by atoms with Crippen molar-refractivity contribution < 1.29 is 14.3 Å². The Morgan fingerprint density at radius 3 is 2.95 bits per heavy atom. The van der Waals surface area contributed by atoms with Crippen LogP contribution in [0.2, 0.25) is 0 Å². The molecule has 0 spiro atoms. The van der Waals surface area contributed by atoms with Crippen molar-refractivity contribution >= 4 is 11.6 Å². The van der Waals surface area contributed by atoms with Gasteiger partial charge in [-0.1, -0.05) is 6.07 Å². The molecule has 1 amide bonds. The Bertz CT molecular complexity index is 477. The van der Waals surface area contributed by atoms with E-state index in [0.29, 0.717) is 17.8 Å². The number of aliphatic hydroxyl groups excluding tert-OH is 1. The van der Waals surface area contributed by atoms with E-state index in [9.17, 15) is 14.3 Å². The highest BCUT2D eigenvalue weighted by atomic mass is 19.1. The zero-order chi connectivity index (χ0) is 14.0.